The summed E-state index contributed by atoms with van der Waals surface area (Å²) in [7, 11) is 0. The minimum absolute atomic E-state index is 0.00619. The number of aromatic hydroxyl groups is 1. The number of hydrogen-bond donors (Lipinski definition) is 2. The highest BCUT2D eigenvalue weighted by Crippen LogP contribution is 2.18. The van der Waals surface area contributed by atoms with Gasteiger partial charge in [0, 0.05) is 6.54 Å². The molecule has 1 atom stereocenters. The maximum Gasteiger partial charge on any atom is 0.255 e. The largest absolute Gasteiger partial charge is 0.507 e. The average Bonchev–Trinajstić information content (AvgIpc) is 2.37. The summed E-state index contributed by atoms with van der Waals surface area (Å²) < 4.78 is 10.6. The normalized spacial score (nSPS) is 19.5. The van der Waals surface area contributed by atoms with Crippen molar-refractivity contribution in [1.29, 1.82) is 0 Å². The molecule has 0 aliphatic carbocycles. The standard InChI is InChI=1S/C13H17NO4/c1-9-2-3-11(12(15)6-9)13(16)14-7-10-8-17-4-5-18-10/h2-3,6,10,15H,4-5,7-8H2,1H3,(H,14,16). The van der Waals surface area contributed by atoms with Crippen LogP contribution in [-0.2, 0) is 9.47 Å². The van der Waals surface area contributed by atoms with E-state index in [0.29, 0.717) is 26.4 Å². The predicted octanol–water partition coefficient (Wildman–Crippen LogP) is 0.846. The Hall–Kier alpha value is -1.59. The Labute approximate surface area is 106 Å². The molecule has 1 aliphatic rings. The van der Waals surface area contributed by atoms with Crippen LogP contribution in [0, 0.1) is 6.92 Å². The monoisotopic (exact) mass is 251 g/mol. The molecular weight excluding hydrogens is 234 g/mol. The summed E-state index contributed by atoms with van der Waals surface area (Å²) >= 11 is 0. The van der Waals surface area contributed by atoms with E-state index in [1.807, 2.05) is 6.92 Å². The van der Waals surface area contributed by atoms with Gasteiger partial charge in [0.25, 0.3) is 5.91 Å². The molecule has 1 aromatic rings. The number of carbonyl (C=O) groups excluding carboxylic acids is 1. The summed E-state index contributed by atoms with van der Waals surface area (Å²) in [5, 5.41) is 12.4. The van der Waals surface area contributed by atoms with E-state index in [1.165, 1.54) is 0 Å². The lowest BCUT2D eigenvalue weighted by molar-refractivity contribution is -0.0855. The van der Waals surface area contributed by atoms with E-state index < -0.39 is 0 Å². The van der Waals surface area contributed by atoms with E-state index in [0.717, 1.165) is 5.56 Å². The van der Waals surface area contributed by atoms with Crippen molar-refractivity contribution in [3.05, 3.63) is 29.3 Å². The van der Waals surface area contributed by atoms with E-state index in [9.17, 15) is 9.90 Å². The van der Waals surface area contributed by atoms with Gasteiger partial charge >= 0.3 is 0 Å². The highest BCUT2D eigenvalue weighted by molar-refractivity contribution is 5.96. The summed E-state index contributed by atoms with van der Waals surface area (Å²) in [6.07, 6.45) is -0.115. The van der Waals surface area contributed by atoms with Crippen LogP contribution in [0.1, 0.15) is 15.9 Å². The summed E-state index contributed by atoms with van der Waals surface area (Å²) in [6, 6.07) is 4.96. The molecule has 2 rings (SSSR count). The molecule has 0 aromatic heterocycles. The Bertz CT molecular complexity index is 427. The van der Waals surface area contributed by atoms with Crippen LogP contribution in [0.25, 0.3) is 0 Å². The third-order valence-electron chi connectivity index (χ3n) is 2.77. The number of aryl methyl sites for hydroxylation is 1. The van der Waals surface area contributed by atoms with Gasteiger partial charge < -0.3 is 19.9 Å². The second-order valence-electron chi connectivity index (χ2n) is 4.30. The van der Waals surface area contributed by atoms with Crippen molar-refractivity contribution >= 4 is 5.91 Å². The van der Waals surface area contributed by atoms with Gasteiger partial charge in [-0.1, -0.05) is 6.07 Å². The highest BCUT2D eigenvalue weighted by Gasteiger charge is 2.17. The number of hydrogen-bond acceptors (Lipinski definition) is 4. The molecule has 0 radical (unpaired) electrons. The Morgan fingerprint density at radius 3 is 3.00 bits per heavy atom. The third kappa shape index (κ3) is 3.21. The zero-order chi connectivity index (χ0) is 13.0. The van der Waals surface area contributed by atoms with Crippen LogP contribution in [-0.4, -0.2) is 43.5 Å². The number of carbonyl (C=O) groups is 1. The number of ether oxygens (including phenoxy) is 2. The minimum Gasteiger partial charge on any atom is -0.507 e. The molecule has 5 heteroatoms. The lowest BCUT2D eigenvalue weighted by Gasteiger charge is -2.23. The van der Waals surface area contributed by atoms with E-state index >= 15 is 0 Å². The molecule has 0 saturated carbocycles. The predicted molar refractivity (Wildman–Crippen MR) is 65.7 cm³/mol. The van der Waals surface area contributed by atoms with Gasteiger partial charge in [-0.05, 0) is 24.6 Å². The molecule has 1 aliphatic heterocycles. The van der Waals surface area contributed by atoms with Crippen molar-refractivity contribution in [1.82, 2.24) is 5.32 Å². The molecule has 1 unspecified atom stereocenters. The summed E-state index contributed by atoms with van der Waals surface area (Å²) in [6.45, 7) is 3.88. The Morgan fingerprint density at radius 2 is 2.33 bits per heavy atom. The zero-order valence-corrected chi connectivity index (χ0v) is 10.3. The Morgan fingerprint density at radius 1 is 1.50 bits per heavy atom. The maximum atomic E-state index is 11.9. The van der Waals surface area contributed by atoms with Crippen molar-refractivity contribution in [3.8, 4) is 5.75 Å². The van der Waals surface area contributed by atoms with Crippen molar-refractivity contribution < 1.29 is 19.4 Å². The first-order chi connectivity index (χ1) is 8.66. The van der Waals surface area contributed by atoms with Gasteiger partial charge in [0.05, 0.1) is 31.5 Å². The molecule has 1 amide bonds. The van der Waals surface area contributed by atoms with Gasteiger partial charge in [-0.3, -0.25) is 4.79 Å². The van der Waals surface area contributed by atoms with Gasteiger partial charge in [0.2, 0.25) is 0 Å². The molecule has 1 saturated heterocycles. The fourth-order valence-corrected chi connectivity index (χ4v) is 1.79. The third-order valence-corrected chi connectivity index (χ3v) is 2.77. The number of rotatable bonds is 3. The van der Waals surface area contributed by atoms with Crippen molar-refractivity contribution in [2.45, 2.75) is 13.0 Å². The Kier molecular flexibility index (Phi) is 4.17. The summed E-state index contributed by atoms with van der Waals surface area (Å²) in [5.74, 6) is -0.310. The van der Waals surface area contributed by atoms with Gasteiger partial charge in [0.1, 0.15) is 5.75 Å². The summed E-state index contributed by atoms with van der Waals surface area (Å²) in [5.41, 5.74) is 1.19. The van der Waals surface area contributed by atoms with Crippen LogP contribution in [0.4, 0.5) is 0 Å². The molecule has 2 N–H and O–H groups in total. The summed E-state index contributed by atoms with van der Waals surface area (Å²) in [4.78, 5) is 11.9. The molecule has 0 bridgehead atoms. The van der Waals surface area contributed by atoms with Crippen molar-refractivity contribution in [3.63, 3.8) is 0 Å². The molecule has 1 heterocycles. The molecule has 18 heavy (non-hydrogen) atoms. The number of amides is 1. The molecule has 1 fully saturated rings. The van der Waals surface area contributed by atoms with Crippen LogP contribution in [0.2, 0.25) is 0 Å². The first kappa shape index (κ1) is 12.9. The first-order valence-electron chi connectivity index (χ1n) is 5.94. The van der Waals surface area contributed by atoms with Crippen molar-refractivity contribution in [2.75, 3.05) is 26.4 Å². The first-order valence-corrected chi connectivity index (χ1v) is 5.94. The van der Waals surface area contributed by atoms with Crippen LogP contribution in [0.3, 0.4) is 0 Å². The number of phenolic OH excluding ortho intramolecular Hbond substituents is 1. The number of nitrogens with one attached hydrogen (secondary N) is 1. The van der Waals surface area contributed by atoms with E-state index in [4.69, 9.17) is 9.47 Å². The number of phenols is 1. The SMILES string of the molecule is Cc1ccc(C(=O)NCC2COCCO2)c(O)c1. The Balaban J connectivity index is 1.90. The van der Waals surface area contributed by atoms with Crippen LogP contribution in [0.15, 0.2) is 18.2 Å². The topological polar surface area (TPSA) is 67.8 Å². The smallest absolute Gasteiger partial charge is 0.255 e. The van der Waals surface area contributed by atoms with E-state index in [1.54, 1.807) is 18.2 Å². The maximum absolute atomic E-state index is 11.9. The fraction of sp³-hybridized carbons (Fsp3) is 0.462. The fourth-order valence-electron chi connectivity index (χ4n) is 1.79. The van der Waals surface area contributed by atoms with Crippen molar-refractivity contribution in [2.24, 2.45) is 0 Å². The van der Waals surface area contributed by atoms with Gasteiger partial charge in [0.15, 0.2) is 0 Å². The average molecular weight is 251 g/mol. The van der Waals surface area contributed by atoms with Crippen LogP contribution < -0.4 is 5.32 Å². The molecule has 1 aromatic carbocycles. The van der Waals surface area contributed by atoms with Gasteiger partial charge in [-0.25, -0.2) is 0 Å². The quantitative estimate of drug-likeness (QED) is 0.835. The second kappa shape index (κ2) is 5.84. The second-order valence-corrected chi connectivity index (χ2v) is 4.30. The molecular formula is C13H17NO4. The van der Waals surface area contributed by atoms with E-state index in [2.05, 4.69) is 5.32 Å². The van der Waals surface area contributed by atoms with Crippen LogP contribution in [0.5, 0.6) is 5.75 Å². The lowest BCUT2D eigenvalue weighted by Crippen LogP contribution is -2.39. The zero-order valence-electron chi connectivity index (χ0n) is 10.3. The minimum atomic E-state index is -0.304. The van der Waals surface area contributed by atoms with Gasteiger partial charge in [-0.15, -0.1) is 0 Å². The highest BCUT2D eigenvalue weighted by atomic mass is 16.6. The molecule has 0 spiro atoms. The molecule has 98 valence electrons. The van der Waals surface area contributed by atoms with Crippen LogP contribution >= 0.6 is 0 Å². The van der Waals surface area contributed by atoms with Gasteiger partial charge in [-0.2, -0.15) is 0 Å². The number of benzene rings is 1. The molecule has 5 nitrogen and oxygen atoms in total. The van der Waals surface area contributed by atoms with E-state index in [-0.39, 0.29) is 23.3 Å². The lowest BCUT2D eigenvalue weighted by atomic mass is 10.1.